The number of methoxy groups -OCH3 is 1. The van der Waals surface area contributed by atoms with Crippen molar-refractivity contribution in [3.8, 4) is 11.8 Å². The first-order valence-electron chi connectivity index (χ1n) is 4.68. The van der Waals surface area contributed by atoms with E-state index in [9.17, 15) is 0 Å². The average molecular weight is 225 g/mol. The van der Waals surface area contributed by atoms with Crippen LogP contribution in [0.4, 0.5) is 0 Å². The third-order valence-electron chi connectivity index (χ3n) is 1.97. The number of benzene rings is 1. The van der Waals surface area contributed by atoms with Crippen LogP contribution in [-0.4, -0.2) is 13.7 Å². The highest BCUT2D eigenvalue weighted by atomic mass is 35.5. The molecule has 0 spiro atoms. The van der Waals surface area contributed by atoms with Crippen molar-refractivity contribution in [3.63, 3.8) is 0 Å². The Bertz CT molecular complexity index is 360. The second-order valence-corrected chi connectivity index (χ2v) is 3.48. The van der Waals surface area contributed by atoms with Gasteiger partial charge in [-0.1, -0.05) is 11.6 Å². The minimum atomic E-state index is 0.503. The highest BCUT2D eigenvalue weighted by Crippen LogP contribution is 2.22. The molecule has 1 aromatic carbocycles. The maximum Gasteiger partial charge on any atom is 0.123 e. The fourth-order valence-electron chi connectivity index (χ4n) is 1.25. The molecule has 1 N–H and O–H groups in total. The van der Waals surface area contributed by atoms with Crippen molar-refractivity contribution in [2.45, 2.75) is 13.0 Å². The predicted molar refractivity (Wildman–Crippen MR) is 59.9 cm³/mol. The lowest BCUT2D eigenvalue weighted by Crippen LogP contribution is -2.14. The molecule has 0 saturated carbocycles. The number of nitrogens with one attached hydrogen (secondary N) is 1. The molecule has 0 unspecified atom stereocenters. The van der Waals surface area contributed by atoms with Crippen LogP contribution in [0.15, 0.2) is 18.2 Å². The van der Waals surface area contributed by atoms with Gasteiger partial charge >= 0.3 is 0 Å². The van der Waals surface area contributed by atoms with E-state index in [0.717, 1.165) is 11.3 Å². The Morgan fingerprint density at radius 2 is 2.33 bits per heavy atom. The molecule has 3 nitrogen and oxygen atoms in total. The highest BCUT2D eigenvalue weighted by Gasteiger charge is 2.02. The lowest BCUT2D eigenvalue weighted by atomic mass is 10.2. The molecule has 0 aromatic heterocycles. The third kappa shape index (κ3) is 3.78. The van der Waals surface area contributed by atoms with Crippen molar-refractivity contribution in [1.29, 1.82) is 5.26 Å². The minimum absolute atomic E-state index is 0.503. The van der Waals surface area contributed by atoms with Gasteiger partial charge in [0.15, 0.2) is 0 Å². The van der Waals surface area contributed by atoms with Gasteiger partial charge in [0.1, 0.15) is 5.75 Å². The Morgan fingerprint density at radius 3 is 3.00 bits per heavy atom. The van der Waals surface area contributed by atoms with Crippen LogP contribution in [0, 0.1) is 11.3 Å². The van der Waals surface area contributed by atoms with Gasteiger partial charge < -0.3 is 10.1 Å². The number of halogens is 1. The Hall–Kier alpha value is -1.24. The monoisotopic (exact) mass is 224 g/mol. The summed E-state index contributed by atoms with van der Waals surface area (Å²) in [6.07, 6.45) is 0.503. The third-order valence-corrected chi connectivity index (χ3v) is 2.21. The van der Waals surface area contributed by atoms with Crippen LogP contribution >= 0.6 is 11.6 Å². The summed E-state index contributed by atoms with van der Waals surface area (Å²) >= 11 is 5.88. The fraction of sp³-hybridized carbons (Fsp3) is 0.364. The van der Waals surface area contributed by atoms with Gasteiger partial charge in [0.05, 0.1) is 13.2 Å². The zero-order chi connectivity index (χ0) is 11.1. The molecule has 80 valence electrons. The molecular weight excluding hydrogens is 212 g/mol. The van der Waals surface area contributed by atoms with Gasteiger partial charge in [-0.3, -0.25) is 0 Å². The molecule has 0 heterocycles. The van der Waals surface area contributed by atoms with Crippen molar-refractivity contribution < 1.29 is 4.74 Å². The van der Waals surface area contributed by atoms with E-state index in [4.69, 9.17) is 21.6 Å². The number of hydrogen-bond acceptors (Lipinski definition) is 3. The van der Waals surface area contributed by atoms with Crippen LogP contribution in [0.25, 0.3) is 0 Å². The summed E-state index contributed by atoms with van der Waals surface area (Å²) in [5.74, 6) is 0.809. The zero-order valence-electron chi connectivity index (χ0n) is 8.59. The van der Waals surface area contributed by atoms with E-state index in [1.807, 2.05) is 12.1 Å². The molecule has 0 fully saturated rings. The lowest BCUT2D eigenvalue weighted by Gasteiger charge is -2.09. The first kappa shape index (κ1) is 11.8. The Balaban J connectivity index is 2.58. The van der Waals surface area contributed by atoms with Crippen LogP contribution in [0.3, 0.4) is 0 Å². The molecule has 0 amide bonds. The lowest BCUT2D eigenvalue weighted by molar-refractivity contribution is 0.408. The van der Waals surface area contributed by atoms with Gasteiger partial charge in [0.25, 0.3) is 0 Å². The van der Waals surface area contributed by atoms with Gasteiger partial charge in [-0.15, -0.1) is 0 Å². The smallest absolute Gasteiger partial charge is 0.123 e. The predicted octanol–water partition coefficient (Wildman–Crippen LogP) is 2.35. The quantitative estimate of drug-likeness (QED) is 0.781. The summed E-state index contributed by atoms with van der Waals surface area (Å²) in [6, 6.07) is 7.56. The maximum absolute atomic E-state index is 8.37. The SMILES string of the molecule is COc1ccc(Cl)cc1CNCCC#N. The van der Waals surface area contributed by atoms with E-state index in [2.05, 4.69) is 11.4 Å². The zero-order valence-corrected chi connectivity index (χ0v) is 9.34. The van der Waals surface area contributed by atoms with E-state index in [0.29, 0.717) is 24.5 Å². The molecule has 4 heteroatoms. The maximum atomic E-state index is 8.37. The largest absolute Gasteiger partial charge is 0.496 e. The molecule has 1 rings (SSSR count). The average Bonchev–Trinajstić information content (AvgIpc) is 2.25. The summed E-state index contributed by atoms with van der Waals surface area (Å²) in [4.78, 5) is 0. The standard InChI is InChI=1S/C11H13ClN2O/c1-15-11-4-3-10(12)7-9(11)8-14-6-2-5-13/h3-4,7,14H,2,6,8H2,1H3. The van der Waals surface area contributed by atoms with Crippen LogP contribution in [0.2, 0.25) is 5.02 Å². The summed E-state index contributed by atoms with van der Waals surface area (Å²) in [6.45, 7) is 1.33. The van der Waals surface area contributed by atoms with Crippen LogP contribution in [0.5, 0.6) is 5.75 Å². The molecule has 0 aliphatic heterocycles. The summed E-state index contributed by atoms with van der Waals surface area (Å²) < 4.78 is 5.19. The normalized spacial score (nSPS) is 9.67. The second kappa shape index (κ2) is 6.28. The summed E-state index contributed by atoms with van der Waals surface area (Å²) in [5.41, 5.74) is 1.00. The molecule has 0 atom stereocenters. The minimum Gasteiger partial charge on any atom is -0.496 e. The Kier molecular flexibility index (Phi) is 4.96. The molecule has 0 bridgehead atoms. The van der Waals surface area contributed by atoms with Crippen LogP contribution in [-0.2, 0) is 6.54 Å². The molecule has 0 saturated heterocycles. The van der Waals surface area contributed by atoms with Crippen molar-refractivity contribution in [2.24, 2.45) is 0 Å². The first-order valence-corrected chi connectivity index (χ1v) is 5.06. The molecular formula is C11H13ClN2O. The second-order valence-electron chi connectivity index (χ2n) is 3.04. The Morgan fingerprint density at radius 1 is 1.53 bits per heavy atom. The van der Waals surface area contributed by atoms with Gasteiger partial charge in [0.2, 0.25) is 0 Å². The van der Waals surface area contributed by atoms with Crippen molar-refractivity contribution in [2.75, 3.05) is 13.7 Å². The first-order chi connectivity index (χ1) is 7.27. The van der Waals surface area contributed by atoms with E-state index >= 15 is 0 Å². The molecule has 0 radical (unpaired) electrons. The van der Waals surface area contributed by atoms with Crippen molar-refractivity contribution in [3.05, 3.63) is 28.8 Å². The number of hydrogen-bond donors (Lipinski definition) is 1. The molecule has 0 aliphatic rings. The summed E-state index contributed by atoms with van der Waals surface area (Å²) in [5, 5.41) is 12.2. The van der Waals surface area contributed by atoms with E-state index < -0.39 is 0 Å². The van der Waals surface area contributed by atoms with E-state index in [1.165, 1.54) is 0 Å². The van der Waals surface area contributed by atoms with E-state index in [1.54, 1.807) is 13.2 Å². The Labute approximate surface area is 94.6 Å². The number of nitrogens with zero attached hydrogens (tertiary/aromatic N) is 1. The molecule has 15 heavy (non-hydrogen) atoms. The fourth-order valence-corrected chi connectivity index (χ4v) is 1.45. The summed E-state index contributed by atoms with van der Waals surface area (Å²) in [7, 11) is 1.63. The van der Waals surface area contributed by atoms with Gasteiger partial charge in [-0.05, 0) is 18.2 Å². The van der Waals surface area contributed by atoms with Crippen molar-refractivity contribution >= 4 is 11.6 Å². The number of rotatable bonds is 5. The van der Waals surface area contributed by atoms with Crippen LogP contribution < -0.4 is 10.1 Å². The van der Waals surface area contributed by atoms with Crippen molar-refractivity contribution in [1.82, 2.24) is 5.32 Å². The van der Waals surface area contributed by atoms with Crippen LogP contribution in [0.1, 0.15) is 12.0 Å². The van der Waals surface area contributed by atoms with Gasteiger partial charge in [-0.2, -0.15) is 5.26 Å². The number of nitriles is 1. The highest BCUT2D eigenvalue weighted by molar-refractivity contribution is 6.30. The van der Waals surface area contributed by atoms with Gasteiger partial charge in [0, 0.05) is 30.1 Å². The van der Waals surface area contributed by atoms with Gasteiger partial charge in [-0.25, -0.2) is 0 Å². The molecule has 0 aliphatic carbocycles. The topological polar surface area (TPSA) is 45.0 Å². The number of ether oxygens (including phenoxy) is 1. The van der Waals surface area contributed by atoms with E-state index in [-0.39, 0.29) is 0 Å². The molecule has 1 aromatic rings.